The summed E-state index contributed by atoms with van der Waals surface area (Å²) >= 11 is 0. The smallest absolute Gasteiger partial charge is 0.182 e. The molecule has 2 nitrogen and oxygen atoms in total. The standard InChI is InChI=1S/C19H21NO/c1-14-19(2,3)16-11-7-8-12-17(16)20(14)13-18(21)15-9-5-4-6-10-15/h4-12,14H,13H2,1-3H3. The highest BCUT2D eigenvalue weighted by atomic mass is 16.1. The summed E-state index contributed by atoms with van der Waals surface area (Å²) < 4.78 is 0. The predicted octanol–water partition coefficient (Wildman–Crippen LogP) is 4.06. The van der Waals surface area contributed by atoms with Crippen LogP contribution in [0.1, 0.15) is 36.7 Å². The van der Waals surface area contributed by atoms with E-state index >= 15 is 0 Å². The third kappa shape index (κ3) is 2.25. The number of fused-ring (bicyclic) bond motifs is 1. The number of Topliss-reactive ketones (excluding diaryl/α,β-unsaturated/α-hetero) is 1. The summed E-state index contributed by atoms with van der Waals surface area (Å²) in [6.07, 6.45) is 0. The Kier molecular flexibility index (Phi) is 3.32. The molecule has 0 saturated heterocycles. The number of nitrogens with zero attached hydrogens (tertiary/aromatic N) is 1. The Bertz CT molecular complexity index is 660. The van der Waals surface area contributed by atoms with Crippen LogP contribution in [0.25, 0.3) is 0 Å². The molecule has 2 aromatic rings. The fraction of sp³-hybridized carbons (Fsp3) is 0.316. The van der Waals surface area contributed by atoms with E-state index in [1.807, 2.05) is 36.4 Å². The zero-order valence-corrected chi connectivity index (χ0v) is 12.8. The van der Waals surface area contributed by atoms with E-state index in [0.717, 1.165) is 5.56 Å². The lowest BCUT2D eigenvalue weighted by molar-refractivity contribution is 0.0996. The van der Waals surface area contributed by atoms with Crippen LogP contribution in [0.3, 0.4) is 0 Å². The van der Waals surface area contributed by atoms with Crippen LogP contribution in [0.5, 0.6) is 0 Å². The molecule has 0 aromatic heterocycles. The first-order chi connectivity index (χ1) is 10.0. The summed E-state index contributed by atoms with van der Waals surface area (Å²) in [6, 6.07) is 18.3. The lowest BCUT2D eigenvalue weighted by Gasteiger charge is -2.31. The topological polar surface area (TPSA) is 20.3 Å². The second kappa shape index (κ2) is 5.03. The summed E-state index contributed by atoms with van der Waals surface area (Å²) in [6.45, 7) is 7.15. The third-order valence-corrected chi connectivity index (χ3v) is 4.83. The van der Waals surface area contributed by atoms with Crippen LogP contribution >= 0.6 is 0 Å². The van der Waals surface area contributed by atoms with Gasteiger partial charge in [0.05, 0.1) is 6.54 Å². The summed E-state index contributed by atoms with van der Waals surface area (Å²) in [7, 11) is 0. The van der Waals surface area contributed by atoms with E-state index in [4.69, 9.17) is 0 Å². The normalized spacial score (nSPS) is 19.4. The van der Waals surface area contributed by atoms with Gasteiger partial charge in [0, 0.05) is 22.7 Å². The lowest BCUT2D eigenvalue weighted by atomic mass is 9.81. The van der Waals surface area contributed by atoms with E-state index < -0.39 is 0 Å². The summed E-state index contributed by atoms with van der Waals surface area (Å²) in [5.41, 5.74) is 3.37. The molecule has 1 aliphatic heterocycles. The van der Waals surface area contributed by atoms with Crippen molar-refractivity contribution in [1.29, 1.82) is 0 Å². The molecule has 108 valence electrons. The van der Waals surface area contributed by atoms with E-state index in [9.17, 15) is 4.79 Å². The van der Waals surface area contributed by atoms with E-state index in [0.29, 0.717) is 12.6 Å². The fourth-order valence-corrected chi connectivity index (χ4v) is 3.18. The Morgan fingerprint density at radius 1 is 1.05 bits per heavy atom. The number of rotatable bonds is 3. The minimum atomic E-state index is 0.0631. The molecule has 0 amide bonds. The Labute approximate surface area is 126 Å². The van der Waals surface area contributed by atoms with Crippen molar-refractivity contribution in [2.75, 3.05) is 11.4 Å². The molecule has 1 atom stereocenters. The van der Waals surface area contributed by atoms with Crippen molar-refractivity contribution in [3.63, 3.8) is 0 Å². The van der Waals surface area contributed by atoms with Gasteiger partial charge in [0.2, 0.25) is 0 Å². The molecule has 21 heavy (non-hydrogen) atoms. The van der Waals surface area contributed by atoms with Crippen molar-refractivity contribution in [3.05, 3.63) is 65.7 Å². The summed E-state index contributed by atoms with van der Waals surface area (Å²) in [4.78, 5) is 14.8. The maximum Gasteiger partial charge on any atom is 0.182 e. The van der Waals surface area contributed by atoms with Crippen LogP contribution in [0, 0.1) is 0 Å². The maximum atomic E-state index is 12.5. The van der Waals surface area contributed by atoms with E-state index in [1.165, 1.54) is 11.3 Å². The van der Waals surface area contributed by atoms with Gasteiger partial charge in [-0.05, 0) is 18.6 Å². The van der Waals surface area contributed by atoms with Gasteiger partial charge in [0.25, 0.3) is 0 Å². The van der Waals surface area contributed by atoms with Gasteiger partial charge in [-0.3, -0.25) is 4.79 Å². The van der Waals surface area contributed by atoms with Crippen molar-refractivity contribution >= 4 is 11.5 Å². The van der Waals surface area contributed by atoms with Crippen LogP contribution in [0.2, 0.25) is 0 Å². The second-order valence-corrected chi connectivity index (χ2v) is 6.33. The zero-order valence-electron chi connectivity index (χ0n) is 12.8. The molecule has 0 N–H and O–H groups in total. The van der Waals surface area contributed by atoms with Gasteiger partial charge in [-0.2, -0.15) is 0 Å². The largest absolute Gasteiger partial charge is 0.360 e. The second-order valence-electron chi connectivity index (χ2n) is 6.33. The van der Waals surface area contributed by atoms with Crippen LogP contribution in [-0.2, 0) is 5.41 Å². The lowest BCUT2D eigenvalue weighted by Crippen LogP contribution is -2.41. The number of anilines is 1. The van der Waals surface area contributed by atoms with Gasteiger partial charge >= 0.3 is 0 Å². The molecule has 2 aromatic carbocycles. The summed E-state index contributed by atoms with van der Waals surface area (Å²) in [5, 5.41) is 0. The van der Waals surface area contributed by atoms with Crippen LogP contribution in [0.4, 0.5) is 5.69 Å². The molecule has 0 spiro atoms. The Morgan fingerprint density at radius 2 is 1.67 bits per heavy atom. The minimum Gasteiger partial charge on any atom is -0.360 e. The molecule has 0 radical (unpaired) electrons. The number of carbonyl (C=O) groups is 1. The van der Waals surface area contributed by atoms with Crippen LogP contribution < -0.4 is 4.90 Å². The minimum absolute atomic E-state index is 0.0631. The first kappa shape index (κ1) is 13.9. The number of hydrogen-bond acceptors (Lipinski definition) is 2. The molecule has 3 rings (SSSR count). The Morgan fingerprint density at radius 3 is 2.38 bits per heavy atom. The zero-order chi connectivity index (χ0) is 15.0. The average molecular weight is 279 g/mol. The van der Waals surface area contributed by atoms with Crippen molar-refractivity contribution in [2.24, 2.45) is 0 Å². The van der Waals surface area contributed by atoms with Gasteiger partial charge in [0.1, 0.15) is 0 Å². The average Bonchev–Trinajstić information content (AvgIpc) is 2.70. The molecule has 0 fully saturated rings. The van der Waals surface area contributed by atoms with E-state index in [2.05, 4.69) is 43.9 Å². The summed E-state index contributed by atoms with van der Waals surface area (Å²) in [5.74, 6) is 0.176. The number of ketones is 1. The highest BCUT2D eigenvalue weighted by molar-refractivity contribution is 5.99. The van der Waals surface area contributed by atoms with Gasteiger partial charge in [-0.1, -0.05) is 62.4 Å². The predicted molar refractivity (Wildman–Crippen MR) is 87.0 cm³/mol. The first-order valence-corrected chi connectivity index (χ1v) is 7.46. The molecule has 0 bridgehead atoms. The number of benzene rings is 2. The van der Waals surface area contributed by atoms with Crippen molar-refractivity contribution in [1.82, 2.24) is 0 Å². The third-order valence-electron chi connectivity index (χ3n) is 4.83. The molecule has 1 unspecified atom stereocenters. The molecule has 1 heterocycles. The highest BCUT2D eigenvalue weighted by Gasteiger charge is 2.41. The van der Waals surface area contributed by atoms with Gasteiger partial charge < -0.3 is 4.90 Å². The van der Waals surface area contributed by atoms with Crippen molar-refractivity contribution in [2.45, 2.75) is 32.2 Å². The van der Waals surface area contributed by atoms with Crippen molar-refractivity contribution in [3.8, 4) is 0 Å². The monoisotopic (exact) mass is 279 g/mol. The quantitative estimate of drug-likeness (QED) is 0.790. The molecule has 2 heteroatoms. The van der Waals surface area contributed by atoms with Gasteiger partial charge in [0.15, 0.2) is 5.78 Å². The first-order valence-electron chi connectivity index (χ1n) is 7.46. The molecular weight excluding hydrogens is 258 g/mol. The highest BCUT2D eigenvalue weighted by Crippen LogP contribution is 2.44. The number of carbonyl (C=O) groups excluding carboxylic acids is 1. The molecular formula is C19H21NO. The van der Waals surface area contributed by atoms with Gasteiger partial charge in [-0.15, -0.1) is 0 Å². The van der Waals surface area contributed by atoms with E-state index in [-0.39, 0.29) is 11.2 Å². The number of para-hydroxylation sites is 1. The number of hydrogen-bond donors (Lipinski definition) is 0. The van der Waals surface area contributed by atoms with E-state index in [1.54, 1.807) is 0 Å². The Hall–Kier alpha value is -2.09. The fourth-order valence-electron chi connectivity index (χ4n) is 3.18. The molecule has 1 aliphatic rings. The van der Waals surface area contributed by atoms with Crippen LogP contribution in [0.15, 0.2) is 54.6 Å². The SMILES string of the molecule is CC1N(CC(=O)c2ccccc2)c2ccccc2C1(C)C. The molecule has 0 aliphatic carbocycles. The molecule has 0 saturated carbocycles. The Balaban J connectivity index is 1.92. The van der Waals surface area contributed by atoms with Gasteiger partial charge in [-0.25, -0.2) is 0 Å². The van der Waals surface area contributed by atoms with Crippen LogP contribution in [-0.4, -0.2) is 18.4 Å². The van der Waals surface area contributed by atoms with Crippen molar-refractivity contribution < 1.29 is 4.79 Å². The maximum absolute atomic E-state index is 12.5.